The maximum absolute atomic E-state index is 6.03. The highest BCUT2D eigenvalue weighted by Gasteiger charge is 2.12. The molecule has 3 rings (SSSR count). The number of hydrogen-bond donors (Lipinski definition) is 1. The number of halogens is 2. The zero-order valence-corrected chi connectivity index (χ0v) is 17.3. The maximum atomic E-state index is 6.03. The minimum atomic E-state index is 0.507. The SMILES string of the molecule is COc1cc(CNc2cccc(Cl)c2)cc(I)c1OCc1ccccc1. The van der Waals surface area contributed by atoms with Gasteiger partial charge in [0.05, 0.1) is 10.7 Å². The Balaban J connectivity index is 1.72. The van der Waals surface area contributed by atoms with Crippen molar-refractivity contribution in [3.8, 4) is 11.5 Å². The zero-order valence-electron chi connectivity index (χ0n) is 14.3. The third kappa shape index (κ3) is 5.05. The average molecular weight is 480 g/mol. The Hall–Kier alpha value is -1.92. The Morgan fingerprint density at radius 1 is 0.962 bits per heavy atom. The van der Waals surface area contributed by atoms with Crippen LogP contribution < -0.4 is 14.8 Å². The van der Waals surface area contributed by atoms with Crippen molar-refractivity contribution in [2.45, 2.75) is 13.2 Å². The van der Waals surface area contributed by atoms with Gasteiger partial charge in [-0.2, -0.15) is 0 Å². The molecule has 1 N–H and O–H groups in total. The van der Waals surface area contributed by atoms with Gasteiger partial charge in [-0.1, -0.05) is 48.0 Å². The summed E-state index contributed by atoms with van der Waals surface area (Å²) >= 11 is 8.31. The minimum Gasteiger partial charge on any atom is -0.493 e. The maximum Gasteiger partial charge on any atom is 0.174 e. The van der Waals surface area contributed by atoms with Crippen molar-refractivity contribution in [2.24, 2.45) is 0 Å². The van der Waals surface area contributed by atoms with Crippen LogP contribution in [0.4, 0.5) is 5.69 Å². The van der Waals surface area contributed by atoms with E-state index in [0.29, 0.717) is 18.2 Å². The third-order valence-electron chi connectivity index (χ3n) is 3.84. The number of hydrogen-bond acceptors (Lipinski definition) is 3. The van der Waals surface area contributed by atoms with Crippen LogP contribution >= 0.6 is 34.2 Å². The first-order valence-electron chi connectivity index (χ1n) is 8.18. The molecular formula is C21H19ClINO2. The summed E-state index contributed by atoms with van der Waals surface area (Å²) in [4.78, 5) is 0. The van der Waals surface area contributed by atoms with Crippen LogP contribution in [0.3, 0.4) is 0 Å². The van der Waals surface area contributed by atoms with Gasteiger partial charge in [0.25, 0.3) is 0 Å². The van der Waals surface area contributed by atoms with E-state index < -0.39 is 0 Å². The number of ether oxygens (including phenoxy) is 2. The lowest BCUT2D eigenvalue weighted by atomic mass is 10.2. The van der Waals surface area contributed by atoms with E-state index in [9.17, 15) is 0 Å². The molecule has 26 heavy (non-hydrogen) atoms. The molecule has 0 aliphatic rings. The molecule has 0 spiro atoms. The van der Waals surface area contributed by atoms with Gasteiger partial charge in [0, 0.05) is 17.3 Å². The van der Waals surface area contributed by atoms with E-state index >= 15 is 0 Å². The molecule has 0 amide bonds. The summed E-state index contributed by atoms with van der Waals surface area (Å²) in [6.07, 6.45) is 0. The van der Waals surface area contributed by atoms with Crippen molar-refractivity contribution < 1.29 is 9.47 Å². The topological polar surface area (TPSA) is 30.5 Å². The van der Waals surface area contributed by atoms with E-state index in [0.717, 1.165) is 31.9 Å². The second-order valence-corrected chi connectivity index (χ2v) is 7.35. The summed E-state index contributed by atoms with van der Waals surface area (Å²) in [5.74, 6) is 1.50. The van der Waals surface area contributed by atoms with Crippen molar-refractivity contribution in [1.29, 1.82) is 0 Å². The number of methoxy groups -OCH3 is 1. The third-order valence-corrected chi connectivity index (χ3v) is 4.87. The Morgan fingerprint density at radius 3 is 2.50 bits per heavy atom. The van der Waals surface area contributed by atoms with Gasteiger partial charge in [-0.05, 0) is 64.0 Å². The van der Waals surface area contributed by atoms with Crippen LogP contribution in [0, 0.1) is 3.57 Å². The van der Waals surface area contributed by atoms with Crippen LogP contribution in [0.2, 0.25) is 5.02 Å². The zero-order chi connectivity index (χ0) is 18.4. The standard InChI is InChI=1S/C21H19ClINO2/c1-25-20-11-16(13-24-18-9-5-8-17(22)12-18)10-19(23)21(20)26-14-15-6-3-2-4-7-15/h2-12,24H,13-14H2,1H3. The smallest absolute Gasteiger partial charge is 0.174 e. The van der Waals surface area contributed by atoms with Crippen LogP contribution in [0.15, 0.2) is 66.7 Å². The number of nitrogens with one attached hydrogen (secondary N) is 1. The molecule has 0 radical (unpaired) electrons. The Bertz CT molecular complexity index is 871. The molecule has 5 heteroatoms. The normalized spacial score (nSPS) is 10.4. The predicted octanol–water partition coefficient (Wildman–Crippen LogP) is 6.14. The molecule has 0 heterocycles. The molecular weight excluding hydrogens is 461 g/mol. The molecule has 3 nitrogen and oxygen atoms in total. The van der Waals surface area contributed by atoms with Crippen LogP contribution in [0.25, 0.3) is 0 Å². The fourth-order valence-corrected chi connectivity index (χ4v) is 3.56. The van der Waals surface area contributed by atoms with E-state index in [2.05, 4.69) is 34.0 Å². The van der Waals surface area contributed by atoms with Gasteiger partial charge >= 0.3 is 0 Å². The second kappa shape index (κ2) is 9.14. The Labute approximate surface area is 172 Å². The molecule has 0 aromatic heterocycles. The van der Waals surface area contributed by atoms with Crippen molar-refractivity contribution in [3.63, 3.8) is 0 Å². The van der Waals surface area contributed by atoms with Gasteiger partial charge in [-0.15, -0.1) is 0 Å². The van der Waals surface area contributed by atoms with E-state index in [4.69, 9.17) is 21.1 Å². The van der Waals surface area contributed by atoms with Gasteiger partial charge in [0.15, 0.2) is 11.5 Å². The van der Waals surface area contributed by atoms with Crippen molar-refractivity contribution >= 4 is 39.9 Å². The van der Waals surface area contributed by atoms with Crippen LogP contribution in [0.1, 0.15) is 11.1 Å². The lowest BCUT2D eigenvalue weighted by Crippen LogP contribution is -2.03. The van der Waals surface area contributed by atoms with Gasteiger partial charge in [-0.25, -0.2) is 0 Å². The summed E-state index contributed by atoms with van der Waals surface area (Å²) in [7, 11) is 1.66. The molecule has 0 unspecified atom stereocenters. The van der Waals surface area contributed by atoms with Gasteiger partial charge < -0.3 is 14.8 Å². The quantitative estimate of drug-likeness (QED) is 0.413. The summed E-state index contributed by atoms with van der Waals surface area (Å²) in [5.41, 5.74) is 3.21. The van der Waals surface area contributed by atoms with Gasteiger partial charge in [0.1, 0.15) is 6.61 Å². The fourth-order valence-electron chi connectivity index (χ4n) is 2.55. The first-order valence-corrected chi connectivity index (χ1v) is 9.64. The molecule has 0 atom stereocenters. The Kier molecular flexibility index (Phi) is 6.63. The van der Waals surface area contributed by atoms with Crippen molar-refractivity contribution in [3.05, 3.63) is 86.4 Å². The van der Waals surface area contributed by atoms with Crippen LogP contribution in [-0.4, -0.2) is 7.11 Å². The molecule has 0 saturated heterocycles. The highest BCUT2D eigenvalue weighted by Crippen LogP contribution is 2.34. The monoisotopic (exact) mass is 479 g/mol. The van der Waals surface area contributed by atoms with Crippen LogP contribution in [0.5, 0.6) is 11.5 Å². The average Bonchev–Trinajstić information content (AvgIpc) is 2.66. The number of anilines is 1. The lowest BCUT2D eigenvalue weighted by Gasteiger charge is -2.15. The highest BCUT2D eigenvalue weighted by molar-refractivity contribution is 14.1. The van der Waals surface area contributed by atoms with E-state index in [1.54, 1.807) is 7.11 Å². The molecule has 3 aromatic rings. The predicted molar refractivity (Wildman–Crippen MR) is 115 cm³/mol. The Morgan fingerprint density at radius 2 is 1.77 bits per heavy atom. The molecule has 0 saturated carbocycles. The lowest BCUT2D eigenvalue weighted by molar-refractivity contribution is 0.282. The summed E-state index contributed by atoms with van der Waals surface area (Å²) in [6.45, 7) is 1.18. The summed E-state index contributed by atoms with van der Waals surface area (Å²) in [5, 5.41) is 4.09. The molecule has 0 fully saturated rings. The van der Waals surface area contributed by atoms with Gasteiger partial charge in [-0.3, -0.25) is 0 Å². The minimum absolute atomic E-state index is 0.507. The van der Waals surface area contributed by atoms with Crippen molar-refractivity contribution in [2.75, 3.05) is 12.4 Å². The molecule has 0 aliphatic carbocycles. The van der Waals surface area contributed by atoms with E-state index in [1.165, 1.54) is 0 Å². The van der Waals surface area contributed by atoms with E-state index in [1.807, 2.05) is 60.7 Å². The summed E-state index contributed by atoms with van der Waals surface area (Å²) < 4.78 is 12.6. The fraction of sp³-hybridized carbons (Fsp3) is 0.143. The van der Waals surface area contributed by atoms with Crippen molar-refractivity contribution in [1.82, 2.24) is 0 Å². The van der Waals surface area contributed by atoms with E-state index in [-0.39, 0.29) is 0 Å². The summed E-state index contributed by atoms with van der Waals surface area (Å²) in [6, 6.07) is 21.9. The molecule has 0 bridgehead atoms. The number of benzene rings is 3. The highest BCUT2D eigenvalue weighted by atomic mass is 127. The largest absolute Gasteiger partial charge is 0.493 e. The molecule has 3 aromatic carbocycles. The molecule has 134 valence electrons. The van der Waals surface area contributed by atoms with Gasteiger partial charge in [0.2, 0.25) is 0 Å². The first-order chi connectivity index (χ1) is 12.7. The number of rotatable bonds is 7. The van der Waals surface area contributed by atoms with Crippen LogP contribution in [-0.2, 0) is 13.2 Å². The second-order valence-electron chi connectivity index (χ2n) is 5.75. The first kappa shape index (κ1) is 18.9. The molecule has 0 aliphatic heterocycles.